The summed E-state index contributed by atoms with van der Waals surface area (Å²) in [6.45, 7) is 0. The molecular weight excluding hydrogens is 422 g/mol. The number of nitriles is 1. The van der Waals surface area contributed by atoms with Crippen LogP contribution in [0.25, 0.3) is 6.08 Å². The second-order valence-corrected chi connectivity index (χ2v) is 9.16. The van der Waals surface area contributed by atoms with Gasteiger partial charge in [-0.3, -0.25) is 9.69 Å². The molecule has 154 valence electrons. The van der Waals surface area contributed by atoms with E-state index in [1.807, 2.05) is 85.9 Å². The molecule has 0 saturated heterocycles. The SMILES string of the molecule is CSc1ccc2c(c1)N(C(=O)/C(C#N)=C/c1ccc(N(C)C)cc1)c1ccccc1S2. The third-order valence-corrected chi connectivity index (χ3v) is 6.86. The highest BCUT2D eigenvalue weighted by molar-refractivity contribution is 8.00. The van der Waals surface area contributed by atoms with Gasteiger partial charge in [-0.15, -0.1) is 11.8 Å². The Hall–Kier alpha value is -3.14. The zero-order valence-corrected chi connectivity index (χ0v) is 19.1. The van der Waals surface area contributed by atoms with Gasteiger partial charge in [0.1, 0.15) is 11.6 Å². The Kier molecular flexibility index (Phi) is 6.08. The lowest BCUT2D eigenvalue weighted by Crippen LogP contribution is -2.29. The third-order valence-electron chi connectivity index (χ3n) is 5.01. The Morgan fingerprint density at radius 2 is 1.74 bits per heavy atom. The summed E-state index contributed by atoms with van der Waals surface area (Å²) in [5.74, 6) is -0.327. The van der Waals surface area contributed by atoms with Crippen LogP contribution in [0.5, 0.6) is 0 Å². The van der Waals surface area contributed by atoms with Crippen LogP contribution in [0.1, 0.15) is 5.56 Å². The van der Waals surface area contributed by atoms with Crippen LogP contribution in [-0.4, -0.2) is 26.3 Å². The Morgan fingerprint density at radius 3 is 2.42 bits per heavy atom. The minimum absolute atomic E-state index is 0.0970. The number of nitrogens with zero attached hydrogens (tertiary/aromatic N) is 3. The number of hydrogen-bond acceptors (Lipinski definition) is 5. The van der Waals surface area contributed by atoms with Gasteiger partial charge in [-0.2, -0.15) is 5.26 Å². The summed E-state index contributed by atoms with van der Waals surface area (Å²) in [4.78, 5) is 20.4. The number of hydrogen-bond donors (Lipinski definition) is 0. The molecule has 0 radical (unpaired) electrons. The summed E-state index contributed by atoms with van der Waals surface area (Å²) in [6.07, 6.45) is 3.67. The second kappa shape index (κ2) is 8.93. The molecule has 1 aliphatic rings. The van der Waals surface area contributed by atoms with Gasteiger partial charge in [-0.05, 0) is 60.4 Å². The van der Waals surface area contributed by atoms with E-state index >= 15 is 0 Å². The smallest absolute Gasteiger partial charge is 0.273 e. The molecule has 1 amide bonds. The van der Waals surface area contributed by atoms with Crippen molar-refractivity contribution in [2.24, 2.45) is 0 Å². The van der Waals surface area contributed by atoms with Crippen molar-refractivity contribution < 1.29 is 4.79 Å². The molecule has 0 aliphatic carbocycles. The number of carbonyl (C=O) groups excluding carboxylic acids is 1. The number of benzene rings is 3. The Morgan fingerprint density at radius 1 is 1.03 bits per heavy atom. The fourth-order valence-corrected chi connectivity index (χ4v) is 4.85. The monoisotopic (exact) mass is 443 g/mol. The zero-order chi connectivity index (χ0) is 22.0. The largest absolute Gasteiger partial charge is 0.378 e. The lowest BCUT2D eigenvalue weighted by Gasteiger charge is -2.31. The van der Waals surface area contributed by atoms with E-state index in [4.69, 9.17) is 0 Å². The number of rotatable bonds is 4. The quantitative estimate of drug-likeness (QED) is 0.272. The maximum Gasteiger partial charge on any atom is 0.273 e. The van der Waals surface area contributed by atoms with Crippen molar-refractivity contribution in [3.8, 4) is 6.07 Å². The lowest BCUT2D eigenvalue weighted by molar-refractivity contribution is -0.114. The number of thioether (sulfide) groups is 1. The van der Waals surface area contributed by atoms with Crippen molar-refractivity contribution in [1.29, 1.82) is 5.26 Å². The Bertz CT molecular complexity index is 1210. The fraction of sp³-hybridized carbons (Fsp3) is 0.120. The first-order chi connectivity index (χ1) is 15.0. The van der Waals surface area contributed by atoms with Crippen molar-refractivity contribution in [3.63, 3.8) is 0 Å². The summed E-state index contributed by atoms with van der Waals surface area (Å²) >= 11 is 3.27. The van der Waals surface area contributed by atoms with Crippen LogP contribution in [0, 0.1) is 11.3 Å². The molecule has 0 aromatic heterocycles. The number of amides is 1. The van der Waals surface area contributed by atoms with E-state index in [9.17, 15) is 10.1 Å². The van der Waals surface area contributed by atoms with E-state index in [2.05, 4.69) is 12.1 Å². The van der Waals surface area contributed by atoms with Gasteiger partial charge in [0.05, 0.1) is 11.4 Å². The molecule has 1 aliphatic heterocycles. The highest BCUT2D eigenvalue weighted by Crippen LogP contribution is 2.49. The summed E-state index contributed by atoms with van der Waals surface area (Å²) in [5.41, 5.74) is 3.58. The molecule has 6 heteroatoms. The molecule has 3 aromatic rings. The van der Waals surface area contributed by atoms with Gasteiger partial charge >= 0.3 is 0 Å². The number of para-hydroxylation sites is 1. The van der Waals surface area contributed by atoms with Gasteiger partial charge in [0.25, 0.3) is 5.91 Å². The second-order valence-electron chi connectivity index (χ2n) is 7.20. The molecular formula is C25H21N3OS2. The van der Waals surface area contributed by atoms with Gasteiger partial charge in [0, 0.05) is 34.5 Å². The average Bonchev–Trinajstić information content (AvgIpc) is 2.80. The van der Waals surface area contributed by atoms with E-state index < -0.39 is 0 Å². The minimum atomic E-state index is -0.327. The van der Waals surface area contributed by atoms with Crippen molar-refractivity contribution in [2.45, 2.75) is 14.7 Å². The summed E-state index contributed by atoms with van der Waals surface area (Å²) in [5, 5.41) is 9.84. The van der Waals surface area contributed by atoms with Crippen molar-refractivity contribution in [1.82, 2.24) is 0 Å². The van der Waals surface area contributed by atoms with Crippen LogP contribution in [0.2, 0.25) is 0 Å². The van der Waals surface area contributed by atoms with Crippen LogP contribution in [0.15, 0.2) is 87.0 Å². The summed E-state index contributed by atoms with van der Waals surface area (Å²) in [7, 11) is 3.95. The van der Waals surface area contributed by atoms with Crippen LogP contribution >= 0.6 is 23.5 Å². The van der Waals surface area contributed by atoms with Crippen LogP contribution in [0.4, 0.5) is 17.1 Å². The molecule has 0 spiro atoms. The first kappa shape index (κ1) is 21.1. The van der Waals surface area contributed by atoms with Gasteiger partial charge in [0.2, 0.25) is 0 Å². The van der Waals surface area contributed by atoms with Gasteiger partial charge < -0.3 is 4.90 Å². The Labute approximate surface area is 191 Å². The molecule has 0 fully saturated rings. The number of anilines is 3. The average molecular weight is 444 g/mol. The molecule has 31 heavy (non-hydrogen) atoms. The predicted molar refractivity (Wildman–Crippen MR) is 130 cm³/mol. The molecule has 4 rings (SSSR count). The maximum atomic E-state index is 13.6. The maximum absolute atomic E-state index is 13.6. The van der Waals surface area contributed by atoms with E-state index in [-0.39, 0.29) is 11.5 Å². The van der Waals surface area contributed by atoms with E-state index in [0.717, 1.165) is 37.3 Å². The first-order valence-electron chi connectivity index (χ1n) is 9.70. The highest BCUT2D eigenvalue weighted by Gasteiger charge is 2.30. The Balaban J connectivity index is 1.78. The van der Waals surface area contributed by atoms with Crippen LogP contribution < -0.4 is 9.80 Å². The van der Waals surface area contributed by atoms with Crippen molar-refractivity contribution in [3.05, 3.63) is 77.9 Å². The molecule has 4 nitrogen and oxygen atoms in total. The summed E-state index contributed by atoms with van der Waals surface area (Å²) < 4.78 is 0. The summed E-state index contributed by atoms with van der Waals surface area (Å²) in [6, 6.07) is 23.8. The molecule has 0 bridgehead atoms. The zero-order valence-electron chi connectivity index (χ0n) is 17.5. The molecule has 0 saturated carbocycles. The normalized spacial score (nSPS) is 12.6. The molecule has 3 aromatic carbocycles. The molecule has 0 N–H and O–H groups in total. The topological polar surface area (TPSA) is 47.3 Å². The van der Waals surface area contributed by atoms with Crippen LogP contribution in [0.3, 0.4) is 0 Å². The molecule has 0 unspecified atom stereocenters. The standard InChI is InChI=1S/C25H21N3OS2/c1-27(2)19-10-8-17(9-11-19)14-18(16-26)25(29)28-21-6-4-5-7-23(21)31-24-13-12-20(30-3)15-22(24)28/h4-15H,1-3H3/b18-14+. The van der Waals surface area contributed by atoms with E-state index in [1.54, 1.807) is 34.5 Å². The number of carbonyl (C=O) groups is 1. The third kappa shape index (κ3) is 4.20. The van der Waals surface area contributed by atoms with Crippen molar-refractivity contribution in [2.75, 3.05) is 30.2 Å². The predicted octanol–water partition coefficient (Wildman–Crippen LogP) is 6.21. The molecule has 0 atom stereocenters. The first-order valence-corrected chi connectivity index (χ1v) is 11.7. The minimum Gasteiger partial charge on any atom is -0.378 e. The van der Waals surface area contributed by atoms with Crippen LogP contribution in [-0.2, 0) is 4.79 Å². The van der Waals surface area contributed by atoms with Crippen molar-refractivity contribution >= 4 is 52.6 Å². The van der Waals surface area contributed by atoms with Gasteiger partial charge in [0.15, 0.2) is 0 Å². The molecule has 1 heterocycles. The highest BCUT2D eigenvalue weighted by atomic mass is 32.2. The lowest BCUT2D eigenvalue weighted by atomic mass is 10.1. The van der Waals surface area contributed by atoms with E-state index in [0.29, 0.717) is 0 Å². The van der Waals surface area contributed by atoms with E-state index in [1.165, 1.54) is 0 Å². The van der Waals surface area contributed by atoms with Gasteiger partial charge in [-0.1, -0.05) is 36.0 Å². The van der Waals surface area contributed by atoms with Gasteiger partial charge in [-0.25, -0.2) is 0 Å². The fourth-order valence-electron chi connectivity index (χ4n) is 3.38. The number of fused-ring (bicyclic) bond motifs is 2.